The number of hydrogen-bond donors (Lipinski definition) is 2. The average molecular weight is 254 g/mol. The number of fused-ring (bicyclic) bond motifs is 1. The van der Waals surface area contributed by atoms with Crippen molar-refractivity contribution in [2.24, 2.45) is 0 Å². The van der Waals surface area contributed by atoms with Gasteiger partial charge in [0.25, 0.3) is 5.91 Å². The molecule has 3 N–H and O–H groups in total. The van der Waals surface area contributed by atoms with Crippen molar-refractivity contribution in [3.63, 3.8) is 0 Å². The van der Waals surface area contributed by atoms with Gasteiger partial charge >= 0.3 is 0 Å². The molecule has 3 rings (SSSR count). The van der Waals surface area contributed by atoms with Gasteiger partial charge in [0.15, 0.2) is 6.10 Å². The van der Waals surface area contributed by atoms with Gasteiger partial charge in [-0.1, -0.05) is 30.3 Å². The molecule has 0 saturated heterocycles. The van der Waals surface area contributed by atoms with Gasteiger partial charge in [-0.15, -0.1) is 0 Å². The molecule has 0 spiro atoms. The van der Waals surface area contributed by atoms with E-state index in [9.17, 15) is 4.79 Å². The summed E-state index contributed by atoms with van der Waals surface area (Å²) in [6, 6.07) is 15.0. The Morgan fingerprint density at radius 3 is 2.74 bits per heavy atom. The van der Waals surface area contributed by atoms with Crippen LogP contribution in [0.25, 0.3) is 0 Å². The number of nitrogens with two attached hydrogens (primary N) is 1. The molecule has 1 heterocycles. The molecule has 0 radical (unpaired) electrons. The number of ether oxygens (including phenoxy) is 1. The van der Waals surface area contributed by atoms with E-state index in [1.807, 2.05) is 30.3 Å². The summed E-state index contributed by atoms with van der Waals surface area (Å²) in [5.41, 5.74) is 7.98. The highest BCUT2D eigenvalue weighted by atomic mass is 16.5. The fourth-order valence-corrected chi connectivity index (χ4v) is 2.13. The van der Waals surface area contributed by atoms with Crippen LogP contribution in [-0.2, 0) is 11.2 Å². The highest BCUT2D eigenvalue weighted by Gasteiger charge is 2.27. The minimum atomic E-state index is -0.501. The molecule has 0 bridgehead atoms. The predicted molar refractivity (Wildman–Crippen MR) is 74.0 cm³/mol. The van der Waals surface area contributed by atoms with Crippen molar-refractivity contribution in [2.45, 2.75) is 12.5 Å². The molecule has 1 aliphatic heterocycles. The lowest BCUT2D eigenvalue weighted by Gasteiger charge is -2.26. The van der Waals surface area contributed by atoms with Gasteiger partial charge in [-0.05, 0) is 23.8 Å². The zero-order chi connectivity index (χ0) is 13.2. The van der Waals surface area contributed by atoms with Crippen LogP contribution in [0.4, 0.5) is 11.4 Å². The Balaban J connectivity index is 1.82. The maximum Gasteiger partial charge on any atom is 0.265 e. The first-order valence-electron chi connectivity index (χ1n) is 6.13. The number of hydrogen-bond acceptors (Lipinski definition) is 3. The summed E-state index contributed by atoms with van der Waals surface area (Å²) in [5.74, 6) is 0.525. The van der Waals surface area contributed by atoms with Gasteiger partial charge in [-0.25, -0.2) is 0 Å². The van der Waals surface area contributed by atoms with Crippen LogP contribution in [0.15, 0.2) is 48.5 Å². The van der Waals surface area contributed by atoms with Gasteiger partial charge in [-0.2, -0.15) is 0 Å². The molecule has 2 aromatic carbocycles. The van der Waals surface area contributed by atoms with Gasteiger partial charge < -0.3 is 15.8 Å². The fraction of sp³-hybridized carbons (Fsp3) is 0.133. The second kappa shape index (κ2) is 4.65. The van der Waals surface area contributed by atoms with Crippen LogP contribution in [-0.4, -0.2) is 12.0 Å². The Kier molecular flexibility index (Phi) is 2.83. The molecular formula is C15H14N2O2. The number of carbonyl (C=O) groups excluding carboxylic acids is 1. The van der Waals surface area contributed by atoms with E-state index < -0.39 is 6.10 Å². The van der Waals surface area contributed by atoms with E-state index in [0.29, 0.717) is 23.5 Å². The van der Waals surface area contributed by atoms with E-state index >= 15 is 0 Å². The highest BCUT2D eigenvalue weighted by molar-refractivity contribution is 5.98. The van der Waals surface area contributed by atoms with Crippen LogP contribution >= 0.6 is 0 Å². The number of amides is 1. The van der Waals surface area contributed by atoms with Gasteiger partial charge in [0.1, 0.15) is 5.75 Å². The van der Waals surface area contributed by atoms with E-state index in [1.165, 1.54) is 0 Å². The van der Waals surface area contributed by atoms with Crippen molar-refractivity contribution >= 4 is 17.3 Å². The zero-order valence-electron chi connectivity index (χ0n) is 10.3. The number of rotatable bonds is 2. The molecule has 0 aliphatic carbocycles. The van der Waals surface area contributed by atoms with Gasteiger partial charge in [0.2, 0.25) is 0 Å². The van der Waals surface area contributed by atoms with Crippen molar-refractivity contribution in [2.75, 3.05) is 11.1 Å². The number of anilines is 2. The minimum absolute atomic E-state index is 0.137. The normalized spacial score (nSPS) is 17.3. The molecule has 4 nitrogen and oxygen atoms in total. The van der Waals surface area contributed by atoms with E-state index in [2.05, 4.69) is 5.32 Å². The summed E-state index contributed by atoms with van der Waals surface area (Å²) in [7, 11) is 0. The van der Waals surface area contributed by atoms with Gasteiger partial charge in [0.05, 0.1) is 5.69 Å². The van der Waals surface area contributed by atoms with Crippen molar-refractivity contribution in [3.05, 3.63) is 54.1 Å². The zero-order valence-corrected chi connectivity index (χ0v) is 10.3. The maximum atomic E-state index is 12.0. The van der Waals surface area contributed by atoms with Crippen molar-refractivity contribution in [1.82, 2.24) is 0 Å². The second-order valence-corrected chi connectivity index (χ2v) is 4.54. The molecule has 4 heteroatoms. The van der Waals surface area contributed by atoms with Gasteiger partial charge in [0, 0.05) is 12.1 Å². The lowest BCUT2D eigenvalue weighted by atomic mass is 10.1. The summed E-state index contributed by atoms with van der Waals surface area (Å²) >= 11 is 0. The summed E-state index contributed by atoms with van der Waals surface area (Å²) in [6.45, 7) is 0. The molecule has 0 aromatic heterocycles. The molecule has 0 saturated carbocycles. The summed E-state index contributed by atoms with van der Waals surface area (Å²) < 4.78 is 5.74. The predicted octanol–water partition coefficient (Wildman–Crippen LogP) is 2.21. The minimum Gasteiger partial charge on any atom is -0.478 e. The molecule has 1 aliphatic rings. The maximum absolute atomic E-state index is 12.0. The molecular weight excluding hydrogens is 240 g/mol. The van der Waals surface area contributed by atoms with Crippen LogP contribution in [0.3, 0.4) is 0 Å². The quantitative estimate of drug-likeness (QED) is 0.807. The average Bonchev–Trinajstić information content (AvgIpc) is 2.41. The van der Waals surface area contributed by atoms with Crippen LogP contribution in [0.2, 0.25) is 0 Å². The molecule has 1 amide bonds. The molecule has 1 atom stereocenters. The van der Waals surface area contributed by atoms with Crippen LogP contribution in [0.5, 0.6) is 5.75 Å². The second-order valence-electron chi connectivity index (χ2n) is 4.54. The fourth-order valence-electron chi connectivity index (χ4n) is 2.13. The molecule has 0 fully saturated rings. The Labute approximate surface area is 111 Å². The molecule has 19 heavy (non-hydrogen) atoms. The van der Waals surface area contributed by atoms with Crippen LogP contribution < -0.4 is 15.8 Å². The first-order chi connectivity index (χ1) is 9.22. The van der Waals surface area contributed by atoms with E-state index in [4.69, 9.17) is 10.5 Å². The van der Waals surface area contributed by atoms with E-state index in [1.54, 1.807) is 18.2 Å². The number of carbonyl (C=O) groups is 1. The Bertz CT molecular complexity index is 611. The van der Waals surface area contributed by atoms with Gasteiger partial charge in [-0.3, -0.25) is 4.79 Å². The first kappa shape index (κ1) is 11.6. The summed E-state index contributed by atoms with van der Waals surface area (Å²) in [4.78, 5) is 12.0. The number of nitrogens with one attached hydrogen (secondary N) is 1. The lowest BCUT2D eigenvalue weighted by Crippen LogP contribution is -2.38. The smallest absolute Gasteiger partial charge is 0.265 e. The lowest BCUT2D eigenvalue weighted by molar-refractivity contribution is -0.123. The summed E-state index contributed by atoms with van der Waals surface area (Å²) in [5, 5.41) is 2.83. The first-order valence-corrected chi connectivity index (χ1v) is 6.13. The third kappa shape index (κ3) is 2.38. The third-order valence-electron chi connectivity index (χ3n) is 3.09. The van der Waals surface area contributed by atoms with E-state index in [0.717, 1.165) is 5.56 Å². The third-order valence-corrected chi connectivity index (χ3v) is 3.09. The largest absolute Gasteiger partial charge is 0.478 e. The Morgan fingerprint density at radius 1 is 1.16 bits per heavy atom. The van der Waals surface area contributed by atoms with Crippen molar-refractivity contribution in [3.8, 4) is 5.75 Å². The molecule has 1 unspecified atom stereocenters. The van der Waals surface area contributed by atoms with Crippen LogP contribution in [0.1, 0.15) is 5.56 Å². The number of benzene rings is 2. The summed E-state index contributed by atoms with van der Waals surface area (Å²) in [6.07, 6.45) is 0.0507. The molecule has 96 valence electrons. The van der Waals surface area contributed by atoms with Crippen LogP contribution in [0, 0.1) is 0 Å². The van der Waals surface area contributed by atoms with E-state index in [-0.39, 0.29) is 5.91 Å². The van der Waals surface area contributed by atoms with Crippen molar-refractivity contribution in [1.29, 1.82) is 0 Å². The highest BCUT2D eigenvalue weighted by Crippen LogP contribution is 2.31. The molecule has 2 aromatic rings. The topological polar surface area (TPSA) is 64.3 Å². The Morgan fingerprint density at radius 2 is 1.95 bits per heavy atom. The SMILES string of the molecule is Nc1ccc2c(c1)NC(=O)C(Cc1ccccc1)O2. The number of nitrogen functional groups attached to an aromatic ring is 1. The Hall–Kier alpha value is -2.49. The monoisotopic (exact) mass is 254 g/mol. The van der Waals surface area contributed by atoms with Crippen molar-refractivity contribution < 1.29 is 9.53 Å². The standard InChI is InChI=1S/C15H14N2O2/c16-11-6-7-13-12(9-11)17-15(18)14(19-13)8-10-4-2-1-3-5-10/h1-7,9,14H,8,16H2,(H,17,18).